The summed E-state index contributed by atoms with van der Waals surface area (Å²) in [7, 11) is 0. The first-order valence-electron chi connectivity index (χ1n) is 5.33. The first kappa shape index (κ1) is 12.5. The molecule has 0 saturated heterocycles. The smallest absolute Gasteiger partial charge is 0.407 e. The van der Waals surface area contributed by atoms with Gasteiger partial charge in [0.25, 0.3) is 0 Å². The fourth-order valence-electron chi connectivity index (χ4n) is 1.44. The van der Waals surface area contributed by atoms with Crippen molar-refractivity contribution in [3.05, 3.63) is 35.9 Å². The second kappa shape index (κ2) is 5.51. The van der Waals surface area contributed by atoms with Gasteiger partial charge in [-0.1, -0.05) is 30.3 Å². The number of nitrogens with two attached hydrogens (primary N) is 1. The first-order chi connectivity index (χ1) is 7.62. The largest absolute Gasteiger partial charge is 0.450 e. The molecule has 0 heterocycles. The van der Waals surface area contributed by atoms with E-state index in [0.717, 1.165) is 5.56 Å². The third kappa shape index (κ3) is 2.97. The van der Waals surface area contributed by atoms with E-state index in [1.165, 1.54) is 0 Å². The van der Waals surface area contributed by atoms with E-state index in [1.807, 2.05) is 37.3 Å². The molecule has 3 N–H and O–H groups in total. The van der Waals surface area contributed by atoms with Crippen LogP contribution in [0.1, 0.15) is 19.4 Å². The van der Waals surface area contributed by atoms with Gasteiger partial charge in [-0.15, -0.1) is 0 Å². The van der Waals surface area contributed by atoms with Crippen molar-refractivity contribution in [3.63, 3.8) is 0 Å². The van der Waals surface area contributed by atoms with Crippen molar-refractivity contribution in [3.8, 4) is 0 Å². The van der Waals surface area contributed by atoms with Gasteiger partial charge in [0.1, 0.15) is 0 Å². The van der Waals surface area contributed by atoms with Crippen molar-refractivity contribution in [1.82, 2.24) is 5.32 Å². The SMILES string of the molecule is CCOC(=O)NC(C)(CN)c1ccccc1. The third-order valence-electron chi connectivity index (χ3n) is 2.47. The van der Waals surface area contributed by atoms with Gasteiger partial charge in [-0.3, -0.25) is 0 Å². The van der Waals surface area contributed by atoms with E-state index in [4.69, 9.17) is 10.5 Å². The molecule has 0 aliphatic carbocycles. The molecule has 0 saturated carbocycles. The number of amides is 1. The van der Waals surface area contributed by atoms with Gasteiger partial charge in [0, 0.05) is 6.54 Å². The first-order valence-corrected chi connectivity index (χ1v) is 5.33. The number of hydrogen-bond acceptors (Lipinski definition) is 3. The lowest BCUT2D eigenvalue weighted by atomic mass is 9.92. The molecule has 1 rings (SSSR count). The zero-order chi connectivity index (χ0) is 12.0. The molecule has 88 valence electrons. The summed E-state index contributed by atoms with van der Waals surface area (Å²) < 4.78 is 4.86. The minimum absolute atomic E-state index is 0.315. The van der Waals surface area contributed by atoms with E-state index >= 15 is 0 Å². The summed E-state index contributed by atoms with van der Waals surface area (Å²) in [5.41, 5.74) is 6.09. The van der Waals surface area contributed by atoms with Crippen LogP contribution in [-0.4, -0.2) is 19.2 Å². The van der Waals surface area contributed by atoms with Gasteiger partial charge < -0.3 is 15.8 Å². The molecule has 0 fully saturated rings. The molecule has 1 aromatic rings. The molecule has 0 radical (unpaired) electrons. The van der Waals surface area contributed by atoms with E-state index in [2.05, 4.69) is 5.32 Å². The molecular formula is C12H18N2O2. The maximum atomic E-state index is 11.4. The number of ether oxygens (including phenoxy) is 1. The normalized spacial score (nSPS) is 13.9. The molecule has 0 aliphatic rings. The van der Waals surface area contributed by atoms with Crippen LogP contribution in [0, 0.1) is 0 Å². The lowest BCUT2D eigenvalue weighted by molar-refractivity contribution is 0.140. The fraction of sp³-hybridized carbons (Fsp3) is 0.417. The highest BCUT2D eigenvalue weighted by atomic mass is 16.5. The summed E-state index contributed by atoms with van der Waals surface area (Å²) in [6.07, 6.45) is -0.445. The predicted octanol–water partition coefficient (Wildman–Crippen LogP) is 1.61. The van der Waals surface area contributed by atoms with Crippen LogP contribution in [0.5, 0.6) is 0 Å². The number of rotatable bonds is 4. The average molecular weight is 222 g/mol. The van der Waals surface area contributed by atoms with Crippen molar-refractivity contribution < 1.29 is 9.53 Å². The van der Waals surface area contributed by atoms with Crippen molar-refractivity contribution in [2.24, 2.45) is 5.73 Å². The summed E-state index contributed by atoms with van der Waals surface area (Å²) in [4.78, 5) is 11.4. The maximum absolute atomic E-state index is 11.4. The minimum Gasteiger partial charge on any atom is -0.450 e. The molecule has 0 bridgehead atoms. The van der Waals surface area contributed by atoms with Crippen LogP contribution in [0.4, 0.5) is 4.79 Å². The Kier molecular flexibility index (Phi) is 4.31. The second-order valence-electron chi connectivity index (χ2n) is 3.75. The van der Waals surface area contributed by atoms with Crippen LogP contribution in [0.3, 0.4) is 0 Å². The molecule has 1 atom stereocenters. The highest BCUT2D eigenvalue weighted by Gasteiger charge is 2.27. The van der Waals surface area contributed by atoms with E-state index in [1.54, 1.807) is 6.92 Å². The van der Waals surface area contributed by atoms with E-state index < -0.39 is 11.6 Å². The Morgan fingerprint density at radius 2 is 2.06 bits per heavy atom. The molecule has 1 amide bonds. The molecule has 0 aliphatic heterocycles. The van der Waals surface area contributed by atoms with Crippen LogP contribution >= 0.6 is 0 Å². The maximum Gasteiger partial charge on any atom is 0.407 e. The highest BCUT2D eigenvalue weighted by molar-refractivity contribution is 5.68. The Hall–Kier alpha value is -1.55. The standard InChI is InChI=1S/C12H18N2O2/c1-3-16-11(15)14-12(2,9-13)10-7-5-4-6-8-10/h4-8H,3,9,13H2,1-2H3,(H,14,15). The number of benzene rings is 1. The van der Waals surface area contributed by atoms with Crippen LogP contribution in [0.15, 0.2) is 30.3 Å². The number of hydrogen-bond donors (Lipinski definition) is 2. The summed E-state index contributed by atoms with van der Waals surface area (Å²) in [6.45, 7) is 4.30. The monoisotopic (exact) mass is 222 g/mol. The number of nitrogens with one attached hydrogen (secondary N) is 1. The Morgan fingerprint density at radius 3 is 2.56 bits per heavy atom. The molecule has 4 nitrogen and oxygen atoms in total. The van der Waals surface area contributed by atoms with Gasteiger partial charge in [-0.25, -0.2) is 4.79 Å². The van der Waals surface area contributed by atoms with Crippen LogP contribution in [0.25, 0.3) is 0 Å². The van der Waals surface area contributed by atoms with Crippen LogP contribution in [-0.2, 0) is 10.3 Å². The number of carbonyl (C=O) groups excluding carboxylic acids is 1. The van der Waals surface area contributed by atoms with Gasteiger partial charge in [0.15, 0.2) is 0 Å². The predicted molar refractivity (Wildman–Crippen MR) is 63.0 cm³/mol. The Morgan fingerprint density at radius 1 is 1.44 bits per heavy atom. The van der Waals surface area contributed by atoms with E-state index in [9.17, 15) is 4.79 Å². The topological polar surface area (TPSA) is 64.3 Å². The van der Waals surface area contributed by atoms with Gasteiger partial charge in [-0.05, 0) is 19.4 Å². The lowest BCUT2D eigenvalue weighted by Gasteiger charge is -2.29. The fourth-order valence-corrected chi connectivity index (χ4v) is 1.44. The average Bonchev–Trinajstić information content (AvgIpc) is 2.30. The lowest BCUT2D eigenvalue weighted by Crippen LogP contribution is -2.48. The molecule has 1 aromatic carbocycles. The molecular weight excluding hydrogens is 204 g/mol. The quantitative estimate of drug-likeness (QED) is 0.813. The van der Waals surface area contributed by atoms with Crippen molar-refractivity contribution in [1.29, 1.82) is 0 Å². The Bertz CT molecular complexity index is 340. The number of alkyl carbamates (subject to hydrolysis) is 1. The summed E-state index contributed by atoms with van der Waals surface area (Å²) in [5.74, 6) is 0. The summed E-state index contributed by atoms with van der Waals surface area (Å²) >= 11 is 0. The van der Waals surface area contributed by atoms with Gasteiger partial charge in [0.05, 0.1) is 12.1 Å². The van der Waals surface area contributed by atoms with Gasteiger partial charge >= 0.3 is 6.09 Å². The highest BCUT2D eigenvalue weighted by Crippen LogP contribution is 2.18. The zero-order valence-electron chi connectivity index (χ0n) is 9.69. The molecule has 16 heavy (non-hydrogen) atoms. The van der Waals surface area contributed by atoms with Crippen molar-refractivity contribution in [2.75, 3.05) is 13.2 Å². The zero-order valence-corrected chi connectivity index (χ0v) is 9.69. The summed E-state index contributed by atoms with van der Waals surface area (Å²) in [6, 6.07) is 9.61. The molecule has 0 aromatic heterocycles. The van der Waals surface area contributed by atoms with E-state index in [0.29, 0.717) is 13.2 Å². The van der Waals surface area contributed by atoms with Crippen LogP contribution < -0.4 is 11.1 Å². The molecule has 4 heteroatoms. The van der Waals surface area contributed by atoms with Crippen LogP contribution in [0.2, 0.25) is 0 Å². The van der Waals surface area contributed by atoms with Gasteiger partial charge in [-0.2, -0.15) is 0 Å². The number of carbonyl (C=O) groups is 1. The minimum atomic E-state index is -0.590. The Labute approximate surface area is 95.8 Å². The molecule has 1 unspecified atom stereocenters. The third-order valence-corrected chi connectivity index (χ3v) is 2.47. The van der Waals surface area contributed by atoms with Crippen molar-refractivity contribution in [2.45, 2.75) is 19.4 Å². The summed E-state index contributed by atoms with van der Waals surface area (Å²) in [5, 5.41) is 2.77. The Balaban J connectivity index is 2.82. The molecule has 0 spiro atoms. The van der Waals surface area contributed by atoms with Gasteiger partial charge in [0.2, 0.25) is 0 Å². The van der Waals surface area contributed by atoms with E-state index in [-0.39, 0.29) is 0 Å². The second-order valence-corrected chi connectivity index (χ2v) is 3.75. The van der Waals surface area contributed by atoms with Crippen molar-refractivity contribution >= 4 is 6.09 Å².